The summed E-state index contributed by atoms with van der Waals surface area (Å²) in [5, 5.41) is 0. The topological polar surface area (TPSA) is 58.4 Å². The van der Waals surface area contributed by atoms with Crippen molar-refractivity contribution in [3.63, 3.8) is 0 Å². The largest absolute Gasteiger partial charge is 0.485 e. The van der Waals surface area contributed by atoms with E-state index in [0.29, 0.717) is 13.4 Å². The van der Waals surface area contributed by atoms with Gasteiger partial charge in [-0.1, -0.05) is 68.9 Å². The van der Waals surface area contributed by atoms with Crippen LogP contribution in [0.3, 0.4) is 0 Å². The number of aryl methyl sites for hydroxylation is 4. The highest BCUT2D eigenvalue weighted by Crippen LogP contribution is 2.26. The molecule has 0 saturated carbocycles. The third kappa shape index (κ3) is 8.75. The highest BCUT2D eigenvalue weighted by Gasteiger charge is 2.16. The van der Waals surface area contributed by atoms with Gasteiger partial charge in [0.1, 0.15) is 13.4 Å². The SMILES string of the molecule is COCOCCCCCCCCCCc1nc(-n2c(C)ccc2C)nc(C)c1OCc1ccccc1. The van der Waals surface area contributed by atoms with Crippen molar-refractivity contribution in [2.24, 2.45) is 0 Å². The van der Waals surface area contributed by atoms with E-state index in [2.05, 4.69) is 42.7 Å². The quantitative estimate of drug-likeness (QED) is 0.149. The maximum Gasteiger partial charge on any atom is 0.234 e. The van der Waals surface area contributed by atoms with E-state index < -0.39 is 0 Å². The lowest BCUT2D eigenvalue weighted by Crippen LogP contribution is -2.11. The van der Waals surface area contributed by atoms with Crippen LogP contribution in [0, 0.1) is 20.8 Å². The summed E-state index contributed by atoms with van der Waals surface area (Å²) in [6.07, 6.45) is 10.7. The summed E-state index contributed by atoms with van der Waals surface area (Å²) in [6.45, 7) is 7.94. The Kier molecular flexibility index (Phi) is 11.9. The molecule has 6 nitrogen and oxygen atoms in total. The number of ether oxygens (including phenoxy) is 3. The number of unbranched alkanes of at least 4 members (excludes halogenated alkanes) is 7. The van der Waals surface area contributed by atoms with Crippen LogP contribution in [0.15, 0.2) is 42.5 Å². The van der Waals surface area contributed by atoms with E-state index >= 15 is 0 Å². The van der Waals surface area contributed by atoms with Crippen LogP contribution >= 0.6 is 0 Å². The molecule has 0 saturated heterocycles. The van der Waals surface area contributed by atoms with Gasteiger partial charge in [0.25, 0.3) is 0 Å². The minimum atomic E-state index is 0.400. The fourth-order valence-corrected chi connectivity index (χ4v) is 4.48. The van der Waals surface area contributed by atoms with Gasteiger partial charge in [-0.2, -0.15) is 0 Å². The molecule has 2 heterocycles. The Balaban J connectivity index is 1.55. The average molecular weight is 494 g/mol. The van der Waals surface area contributed by atoms with Gasteiger partial charge in [-0.05, 0) is 57.7 Å². The molecule has 0 spiro atoms. The molecule has 3 aromatic rings. The van der Waals surface area contributed by atoms with Crippen molar-refractivity contribution in [3.8, 4) is 11.7 Å². The van der Waals surface area contributed by atoms with E-state index in [4.69, 9.17) is 24.2 Å². The first-order valence-electron chi connectivity index (χ1n) is 13.4. The molecule has 0 fully saturated rings. The number of hydrogen-bond donors (Lipinski definition) is 0. The van der Waals surface area contributed by atoms with Gasteiger partial charge in [0.2, 0.25) is 5.95 Å². The number of benzene rings is 1. The summed E-state index contributed by atoms with van der Waals surface area (Å²) in [6, 6.07) is 14.5. The zero-order valence-corrected chi connectivity index (χ0v) is 22.6. The molecule has 0 amide bonds. The third-order valence-electron chi connectivity index (χ3n) is 6.44. The molecule has 0 aliphatic heterocycles. The van der Waals surface area contributed by atoms with Crippen LogP contribution < -0.4 is 4.74 Å². The molecule has 196 valence electrons. The normalized spacial score (nSPS) is 11.2. The van der Waals surface area contributed by atoms with Crippen LogP contribution in [0.1, 0.15) is 79.7 Å². The Bertz CT molecular complexity index is 1010. The lowest BCUT2D eigenvalue weighted by molar-refractivity contribution is -0.0315. The maximum atomic E-state index is 6.29. The molecule has 0 unspecified atom stereocenters. The average Bonchev–Trinajstić information content (AvgIpc) is 3.22. The number of aromatic nitrogens is 3. The Hall–Kier alpha value is -2.70. The first-order valence-corrected chi connectivity index (χ1v) is 13.4. The van der Waals surface area contributed by atoms with Crippen molar-refractivity contribution in [3.05, 3.63) is 70.8 Å². The van der Waals surface area contributed by atoms with E-state index in [9.17, 15) is 0 Å². The predicted molar refractivity (Wildman–Crippen MR) is 145 cm³/mol. The van der Waals surface area contributed by atoms with Crippen LogP contribution in [-0.2, 0) is 22.5 Å². The molecular weight excluding hydrogens is 450 g/mol. The van der Waals surface area contributed by atoms with E-state index in [0.717, 1.165) is 65.9 Å². The number of nitrogens with zero attached hydrogens (tertiary/aromatic N) is 3. The summed E-state index contributed by atoms with van der Waals surface area (Å²) in [5.41, 5.74) is 5.33. The van der Waals surface area contributed by atoms with E-state index in [-0.39, 0.29) is 0 Å². The molecule has 1 aromatic carbocycles. The molecule has 36 heavy (non-hydrogen) atoms. The molecule has 0 aliphatic rings. The summed E-state index contributed by atoms with van der Waals surface area (Å²) in [5.74, 6) is 1.57. The summed E-state index contributed by atoms with van der Waals surface area (Å²) in [4.78, 5) is 9.84. The van der Waals surface area contributed by atoms with Crippen LogP contribution in [-0.4, -0.2) is 35.0 Å². The van der Waals surface area contributed by atoms with Gasteiger partial charge in [0.05, 0.1) is 11.4 Å². The minimum absolute atomic E-state index is 0.400. The van der Waals surface area contributed by atoms with Crippen molar-refractivity contribution in [1.82, 2.24) is 14.5 Å². The van der Waals surface area contributed by atoms with Gasteiger partial charge in [-0.3, -0.25) is 4.57 Å². The number of methoxy groups -OCH3 is 1. The molecule has 3 rings (SSSR count). The second kappa shape index (κ2) is 15.4. The first kappa shape index (κ1) is 27.9. The zero-order chi connectivity index (χ0) is 25.6. The van der Waals surface area contributed by atoms with Crippen LogP contribution in [0.25, 0.3) is 5.95 Å². The Morgan fingerprint density at radius 3 is 2.06 bits per heavy atom. The Morgan fingerprint density at radius 1 is 0.750 bits per heavy atom. The Labute approximate surface area is 217 Å². The second-order valence-corrected chi connectivity index (χ2v) is 9.50. The molecule has 6 heteroatoms. The molecule has 2 aromatic heterocycles. The van der Waals surface area contributed by atoms with Crippen molar-refractivity contribution in [1.29, 1.82) is 0 Å². The predicted octanol–water partition coefficient (Wildman–Crippen LogP) is 7.06. The lowest BCUT2D eigenvalue weighted by Gasteiger charge is -2.16. The molecule has 0 aliphatic carbocycles. The van der Waals surface area contributed by atoms with Crippen LogP contribution in [0.4, 0.5) is 0 Å². The summed E-state index contributed by atoms with van der Waals surface area (Å²) >= 11 is 0. The summed E-state index contributed by atoms with van der Waals surface area (Å²) < 4.78 is 18.7. The summed E-state index contributed by atoms with van der Waals surface area (Å²) in [7, 11) is 1.66. The van der Waals surface area contributed by atoms with Crippen molar-refractivity contribution < 1.29 is 14.2 Å². The fourth-order valence-electron chi connectivity index (χ4n) is 4.48. The molecule has 0 radical (unpaired) electrons. The van der Waals surface area contributed by atoms with Gasteiger partial charge < -0.3 is 14.2 Å². The van der Waals surface area contributed by atoms with Gasteiger partial charge in [0, 0.05) is 25.1 Å². The fraction of sp³-hybridized carbons (Fsp3) is 0.533. The smallest absolute Gasteiger partial charge is 0.234 e. The number of rotatable bonds is 17. The van der Waals surface area contributed by atoms with Crippen molar-refractivity contribution in [2.45, 2.75) is 85.2 Å². The maximum absolute atomic E-state index is 6.29. The van der Waals surface area contributed by atoms with E-state index in [1.807, 2.05) is 25.1 Å². The highest BCUT2D eigenvalue weighted by atomic mass is 16.7. The molecule has 0 atom stereocenters. The van der Waals surface area contributed by atoms with E-state index in [1.165, 1.54) is 38.5 Å². The molecule has 0 N–H and O–H groups in total. The van der Waals surface area contributed by atoms with Crippen LogP contribution in [0.5, 0.6) is 5.75 Å². The second-order valence-electron chi connectivity index (χ2n) is 9.50. The highest BCUT2D eigenvalue weighted by molar-refractivity contribution is 5.38. The van der Waals surface area contributed by atoms with Gasteiger partial charge in [-0.25, -0.2) is 9.97 Å². The van der Waals surface area contributed by atoms with Gasteiger partial charge in [-0.15, -0.1) is 0 Å². The third-order valence-corrected chi connectivity index (χ3v) is 6.44. The van der Waals surface area contributed by atoms with Crippen molar-refractivity contribution >= 4 is 0 Å². The monoisotopic (exact) mass is 493 g/mol. The molecule has 0 bridgehead atoms. The minimum Gasteiger partial charge on any atom is -0.485 e. The molecular formula is C30H43N3O3. The van der Waals surface area contributed by atoms with Gasteiger partial charge in [0.15, 0.2) is 5.75 Å². The van der Waals surface area contributed by atoms with Gasteiger partial charge >= 0.3 is 0 Å². The standard InChI is InChI=1S/C30H43N3O3/c1-24-19-20-25(2)33(24)30-31-26(3)29(36-22-27-16-12-11-13-17-27)28(32-30)18-14-9-7-5-6-8-10-15-21-35-23-34-4/h11-13,16-17,19-20H,5-10,14-15,18,21-23H2,1-4H3. The number of hydrogen-bond acceptors (Lipinski definition) is 5. The lowest BCUT2D eigenvalue weighted by atomic mass is 10.1. The van der Waals surface area contributed by atoms with E-state index in [1.54, 1.807) is 7.11 Å². The first-order chi connectivity index (χ1) is 17.6. The van der Waals surface area contributed by atoms with Crippen LogP contribution in [0.2, 0.25) is 0 Å². The zero-order valence-electron chi connectivity index (χ0n) is 22.6. The Morgan fingerprint density at radius 2 is 1.39 bits per heavy atom. The van der Waals surface area contributed by atoms with Crippen molar-refractivity contribution in [2.75, 3.05) is 20.5 Å².